The number of amides is 1. The highest BCUT2D eigenvalue weighted by molar-refractivity contribution is 6.04. The summed E-state index contributed by atoms with van der Waals surface area (Å²) in [5.74, 6) is -0.234. The molecule has 2 N–H and O–H groups in total. The summed E-state index contributed by atoms with van der Waals surface area (Å²) in [5.41, 5.74) is 4.30. The number of hydrogen-bond donors (Lipinski definition) is 2. The van der Waals surface area contributed by atoms with Gasteiger partial charge in [0.05, 0.1) is 17.4 Å². The van der Waals surface area contributed by atoms with Crippen molar-refractivity contribution in [3.63, 3.8) is 0 Å². The molecule has 3 aromatic rings. The Morgan fingerprint density at radius 2 is 1.58 bits per heavy atom. The van der Waals surface area contributed by atoms with Crippen LogP contribution in [0, 0.1) is 6.92 Å². The Bertz CT molecular complexity index is 967. The van der Waals surface area contributed by atoms with Crippen LogP contribution in [0.25, 0.3) is 0 Å². The molecule has 130 valence electrons. The number of hydrogen-bond acceptors (Lipinski definition) is 4. The third kappa shape index (κ3) is 4.33. The molecule has 0 aliphatic rings. The first kappa shape index (κ1) is 17.4. The van der Waals surface area contributed by atoms with Gasteiger partial charge < -0.3 is 10.6 Å². The maximum absolute atomic E-state index is 12.4. The SMILES string of the molecule is CC(=O)c1cccc(Nc2cncc(C(=O)Nc3cccc(C)c3)c2)c1. The minimum Gasteiger partial charge on any atom is -0.354 e. The smallest absolute Gasteiger partial charge is 0.257 e. The average Bonchev–Trinajstić information content (AvgIpc) is 2.62. The lowest BCUT2D eigenvalue weighted by Gasteiger charge is -2.10. The van der Waals surface area contributed by atoms with Crippen LogP contribution in [0.3, 0.4) is 0 Å². The van der Waals surface area contributed by atoms with Crippen LogP contribution in [0.2, 0.25) is 0 Å². The Morgan fingerprint density at radius 3 is 2.35 bits per heavy atom. The summed E-state index contributed by atoms with van der Waals surface area (Å²) in [7, 11) is 0. The predicted octanol–water partition coefficient (Wildman–Crippen LogP) is 4.59. The Morgan fingerprint density at radius 1 is 0.846 bits per heavy atom. The second-order valence-electron chi connectivity index (χ2n) is 6.05. The van der Waals surface area contributed by atoms with E-state index in [1.165, 1.54) is 13.1 Å². The first-order valence-corrected chi connectivity index (χ1v) is 8.22. The third-order valence-electron chi connectivity index (χ3n) is 3.83. The minimum atomic E-state index is -0.232. The molecule has 3 rings (SSSR count). The van der Waals surface area contributed by atoms with Gasteiger partial charge in [-0.05, 0) is 49.7 Å². The second kappa shape index (κ2) is 7.61. The summed E-state index contributed by atoms with van der Waals surface area (Å²) >= 11 is 0. The second-order valence-corrected chi connectivity index (χ2v) is 6.05. The van der Waals surface area contributed by atoms with Gasteiger partial charge in [-0.15, -0.1) is 0 Å². The summed E-state index contributed by atoms with van der Waals surface area (Å²) in [5, 5.41) is 6.04. The van der Waals surface area contributed by atoms with E-state index < -0.39 is 0 Å². The Hall–Kier alpha value is -3.47. The van der Waals surface area contributed by atoms with Gasteiger partial charge in [0.25, 0.3) is 5.91 Å². The van der Waals surface area contributed by atoms with Gasteiger partial charge in [-0.25, -0.2) is 0 Å². The Labute approximate surface area is 152 Å². The van der Waals surface area contributed by atoms with Gasteiger partial charge in [-0.3, -0.25) is 14.6 Å². The zero-order valence-corrected chi connectivity index (χ0v) is 14.6. The lowest BCUT2D eigenvalue weighted by Crippen LogP contribution is -2.12. The highest BCUT2D eigenvalue weighted by Gasteiger charge is 2.08. The van der Waals surface area contributed by atoms with Crippen molar-refractivity contribution in [1.82, 2.24) is 4.98 Å². The molecule has 2 aromatic carbocycles. The van der Waals surface area contributed by atoms with E-state index in [0.717, 1.165) is 16.9 Å². The van der Waals surface area contributed by atoms with E-state index in [1.807, 2.05) is 37.3 Å². The van der Waals surface area contributed by atoms with Crippen molar-refractivity contribution in [2.75, 3.05) is 10.6 Å². The van der Waals surface area contributed by atoms with E-state index in [2.05, 4.69) is 15.6 Å². The third-order valence-corrected chi connectivity index (χ3v) is 3.83. The summed E-state index contributed by atoms with van der Waals surface area (Å²) in [4.78, 5) is 28.1. The number of aromatic nitrogens is 1. The molecule has 5 heteroatoms. The first-order valence-electron chi connectivity index (χ1n) is 8.22. The van der Waals surface area contributed by atoms with Crippen molar-refractivity contribution in [3.05, 3.63) is 83.7 Å². The Balaban J connectivity index is 1.76. The summed E-state index contributed by atoms with van der Waals surface area (Å²) in [6, 6.07) is 16.5. The monoisotopic (exact) mass is 345 g/mol. The molecule has 0 unspecified atom stereocenters. The minimum absolute atomic E-state index is 0.00180. The number of nitrogens with zero attached hydrogens (tertiary/aromatic N) is 1. The molecule has 0 saturated heterocycles. The number of aryl methyl sites for hydroxylation is 1. The van der Waals surface area contributed by atoms with E-state index in [0.29, 0.717) is 16.8 Å². The largest absolute Gasteiger partial charge is 0.354 e. The van der Waals surface area contributed by atoms with Crippen molar-refractivity contribution in [2.45, 2.75) is 13.8 Å². The first-order chi connectivity index (χ1) is 12.5. The zero-order chi connectivity index (χ0) is 18.5. The van der Waals surface area contributed by atoms with E-state index in [-0.39, 0.29) is 11.7 Å². The van der Waals surface area contributed by atoms with Crippen LogP contribution in [-0.2, 0) is 0 Å². The number of Topliss-reactive ketones (excluding diaryl/α,β-unsaturated/α-hetero) is 1. The van der Waals surface area contributed by atoms with E-state index in [1.54, 1.807) is 30.5 Å². The number of carbonyl (C=O) groups excluding carboxylic acids is 2. The van der Waals surface area contributed by atoms with Crippen molar-refractivity contribution >= 4 is 28.8 Å². The van der Waals surface area contributed by atoms with Gasteiger partial charge in [0.1, 0.15) is 0 Å². The van der Waals surface area contributed by atoms with Crippen LogP contribution in [0.15, 0.2) is 67.0 Å². The zero-order valence-electron chi connectivity index (χ0n) is 14.6. The lowest BCUT2D eigenvalue weighted by molar-refractivity contribution is 0.101. The molecule has 0 spiro atoms. The quantitative estimate of drug-likeness (QED) is 0.664. The van der Waals surface area contributed by atoms with Crippen molar-refractivity contribution in [2.24, 2.45) is 0 Å². The van der Waals surface area contributed by atoms with Gasteiger partial charge in [-0.2, -0.15) is 0 Å². The summed E-state index contributed by atoms with van der Waals surface area (Å²) < 4.78 is 0. The molecule has 0 atom stereocenters. The number of ketones is 1. The number of rotatable bonds is 5. The number of carbonyl (C=O) groups is 2. The molecule has 0 bridgehead atoms. The number of benzene rings is 2. The maximum Gasteiger partial charge on any atom is 0.257 e. The number of anilines is 3. The van der Waals surface area contributed by atoms with Crippen molar-refractivity contribution < 1.29 is 9.59 Å². The summed E-state index contributed by atoms with van der Waals surface area (Å²) in [6.07, 6.45) is 3.15. The average molecular weight is 345 g/mol. The normalized spacial score (nSPS) is 10.2. The fourth-order valence-corrected chi connectivity index (χ4v) is 2.54. The molecular formula is C21H19N3O2. The van der Waals surface area contributed by atoms with Crippen molar-refractivity contribution in [3.8, 4) is 0 Å². The van der Waals surface area contributed by atoms with Crippen LogP contribution in [0.4, 0.5) is 17.1 Å². The van der Waals surface area contributed by atoms with Gasteiger partial charge in [0.2, 0.25) is 0 Å². The van der Waals surface area contributed by atoms with Crippen LogP contribution in [0.5, 0.6) is 0 Å². The molecule has 0 saturated carbocycles. The molecule has 1 aromatic heterocycles. The van der Waals surface area contributed by atoms with Gasteiger partial charge in [-0.1, -0.05) is 24.3 Å². The topological polar surface area (TPSA) is 71.1 Å². The standard InChI is InChI=1S/C21H19N3O2/c1-14-5-3-7-18(9-14)24-21(26)17-11-20(13-22-12-17)23-19-8-4-6-16(10-19)15(2)25/h3-13,23H,1-2H3,(H,24,26). The number of pyridine rings is 1. The highest BCUT2D eigenvalue weighted by atomic mass is 16.1. The highest BCUT2D eigenvalue weighted by Crippen LogP contribution is 2.19. The number of nitrogens with one attached hydrogen (secondary N) is 2. The summed E-state index contributed by atoms with van der Waals surface area (Å²) in [6.45, 7) is 3.49. The molecule has 0 aliphatic carbocycles. The van der Waals surface area contributed by atoms with Gasteiger partial charge >= 0.3 is 0 Å². The van der Waals surface area contributed by atoms with E-state index >= 15 is 0 Å². The lowest BCUT2D eigenvalue weighted by atomic mass is 10.1. The predicted molar refractivity (Wildman–Crippen MR) is 103 cm³/mol. The van der Waals surface area contributed by atoms with Crippen molar-refractivity contribution in [1.29, 1.82) is 0 Å². The van der Waals surface area contributed by atoms with Crippen LogP contribution < -0.4 is 10.6 Å². The maximum atomic E-state index is 12.4. The van der Waals surface area contributed by atoms with E-state index in [9.17, 15) is 9.59 Å². The molecule has 0 radical (unpaired) electrons. The van der Waals surface area contributed by atoms with E-state index in [4.69, 9.17) is 0 Å². The molecule has 0 aliphatic heterocycles. The van der Waals surface area contributed by atoms with Crippen LogP contribution in [-0.4, -0.2) is 16.7 Å². The molecule has 0 fully saturated rings. The molecular weight excluding hydrogens is 326 g/mol. The fraction of sp³-hybridized carbons (Fsp3) is 0.0952. The van der Waals surface area contributed by atoms with Gasteiger partial charge in [0.15, 0.2) is 5.78 Å². The fourth-order valence-electron chi connectivity index (χ4n) is 2.54. The molecule has 1 amide bonds. The Kier molecular flexibility index (Phi) is 5.08. The molecule has 26 heavy (non-hydrogen) atoms. The molecule has 1 heterocycles. The van der Waals surface area contributed by atoms with Crippen LogP contribution >= 0.6 is 0 Å². The van der Waals surface area contributed by atoms with Gasteiger partial charge in [0, 0.05) is 23.1 Å². The van der Waals surface area contributed by atoms with Crippen LogP contribution in [0.1, 0.15) is 33.2 Å². The molecule has 5 nitrogen and oxygen atoms in total.